The van der Waals surface area contributed by atoms with E-state index in [1.165, 1.54) is 38.8 Å². The minimum atomic E-state index is 0.554. The molecule has 0 aromatic carbocycles. The van der Waals surface area contributed by atoms with Crippen molar-refractivity contribution in [1.82, 2.24) is 10.2 Å². The van der Waals surface area contributed by atoms with Crippen LogP contribution in [-0.4, -0.2) is 37.1 Å². The second-order valence-electron chi connectivity index (χ2n) is 6.84. The van der Waals surface area contributed by atoms with Crippen LogP contribution >= 0.6 is 0 Å². The Hall–Kier alpha value is -0.0800. The summed E-state index contributed by atoms with van der Waals surface area (Å²) in [5.41, 5.74) is 0.554. The van der Waals surface area contributed by atoms with E-state index in [4.69, 9.17) is 0 Å². The largest absolute Gasteiger partial charge is 0.312 e. The molecule has 2 heteroatoms. The number of likely N-dealkylation sites (tertiary alicyclic amines) is 1. The van der Waals surface area contributed by atoms with Crippen LogP contribution in [0.1, 0.15) is 46.5 Å². The zero-order valence-corrected chi connectivity index (χ0v) is 11.4. The molecule has 1 N–H and O–H groups in total. The summed E-state index contributed by atoms with van der Waals surface area (Å²) in [6.07, 6.45) is 5.50. The van der Waals surface area contributed by atoms with Gasteiger partial charge in [-0.15, -0.1) is 0 Å². The molecule has 0 amide bonds. The fourth-order valence-electron chi connectivity index (χ4n) is 3.69. The van der Waals surface area contributed by atoms with Crippen LogP contribution in [0.15, 0.2) is 0 Å². The van der Waals surface area contributed by atoms with Crippen LogP contribution in [-0.2, 0) is 0 Å². The van der Waals surface area contributed by atoms with Crippen LogP contribution in [0.5, 0.6) is 0 Å². The van der Waals surface area contributed by atoms with Gasteiger partial charge in [0.2, 0.25) is 0 Å². The molecule has 94 valence electrons. The molecule has 16 heavy (non-hydrogen) atoms. The Balaban J connectivity index is 1.78. The second kappa shape index (κ2) is 4.66. The van der Waals surface area contributed by atoms with Gasteiger partial charge in [0.15, 0.2) is 0 Å². The quantitative estimate of drug-likeness (QED) is 0.792. The fourth-order valence-corrected chi connectivity index (χ4v) is 3.69. The first-order valence-electron chi connectivity index (χ1n) is 6.91. The van der Waals surface area contributed by atoms with Crippen molar-refractivity contribution in [3.63, 3.8) is 0 Å². The van der Waals surface area contributed by atoms with Gasteiger partial charge in [-0.2, -0.15) is 0 Å². The predicted octanol–water partition coefficient (Wildman–Crippen LogP) is 2.49. The van der Waals surface area contributed by atoms with E-state index in [2.05, 4.69) is 38.0 Å². The average Bonchev–Trinajstić information content (AvgIpc) is 2.67. The molecule has 2 fully saturated rings. The molecule has 1 heterocycles. The summed E-state index contributed by atoms with van der Waals surface area (Å²) in [5, 5.41) is 3.82. The molecule has 1 saturated heterocycles. The van der Waals surface area contributed by atoms with Gasteiger partial charge in [0.1, 0.15) is 0 Å². The molecule has 3 atom stereocenters. The van der Waals surface area contributed by atoms with Crippen molar-refractivity contribution in [3.05, 3.63) is 0 Å². The van der Waals surface area contributed by atoms with E-state index in [1.54, 1.807) is 0 Å². The molecule has 1 aliphatic carbocycles. The molecule has 2 aliphatic rings. The van der Waals surface area contributed by atoms with Crippen molar-refractivity contribution in [3.8, 4) is 0 Å². The van der Waals surface area contributed by atoms with Gasteiger partial charge in [-0.05, 0) is 50.6 Å². The normalized spacial score (nSPS) is 39.4. The second-order valence-corrected chi connectivity index (χ2v) is 6.84. The highest BCUT2D eigenvalue weighted by Gasteiger charge is 2.36. The van der Waals surface area contributed by atoms with Crippen molar-refractivity contribution in [2.24, 2.45) is 11.3 Å². The molecule has 2 rings (SSSR count). The smallest absolute Gasteiger partial charge is 0.0218 e. The summed E-state index contributed by atoms with van der Waals surface area (Å²) in [5.74, 6) is 0.849. The predicted molar refractivity (Wildman–Crippen MR) is 69.6 cm³/mol. The number of nitrogens with zero attached hydrogens (tertiary/aromatic N) is 1. The third-order valence-electron chi connectivity index (χ3n) is 4.62. The van der Waals surface area contributed by atoms with Crippen LogP contribution in [0.3, 0.4) is 0 Å². The van der Waals surface area contributed by atoms with Gasteiger partial charge in [0, 0.05) is 18.6 Å². The van der Waals surface area contributed by atoms with E-state index in [-0.39, 0.29) is 0 Å². The lowest BCUT2D eigenvalue weighted by atomic mass is 9.91. The van der Waals surface area contributed by atoms with Crippen LogP contribution in [0, 0.1) is 11.3 Å². The maximum absolute atomic E-state index is 3.82. The highest BCUT2D eigenvalue weighted by Crippen LogP contribution is 2.40. The SMILES string of the molecule is CC1CC(C)(C)CC1NCC1CCCN1C. The summed E-state index contributed by atoms with van der Waals surface area (Å²) in [6.45, 7) is 9.71. The van der Waals surface area contributed by atoms with E-state index in [0.29, 0.717) is 5.41 Å². The first kappa shape index (κ1) is 12.4. The van der Waals surface area contributed by atoms with Gasteiger partial charge >= 0.3 is 0 Å². The van der Waals surface area contributed by atoms with Crippen molar-refractivity contribution < 1.29 is 0 Å². The molecular formula is C14H28N2. The molecule has 0 bridgehead atoms. The van der Waals surface area contributed by atoms with E-state index < -0.39 is 0 Å². The summed E-state index contributed by atoms with van der Waals surface area (Å²) >= 11 is 0. The van der Waals surface area contributed by atoms with Crippen LogP contribution in [0.4, 0.5) is 0 Å². The van der Waals surface area contributed by atoms with Gasteiger partial charge in [-0.3, -0.25) is 0 Å². The molecule has 1 saturated carbocycles. The summed E-state index contributed by atoms with van der Waals surface area (Å²) in [6, 6.07) is 1.54. The van der Waals surface area contributed by atoms with E-state index >= 15 is 0 Å². The van der Waals surface area contributed by atoms with Gasteiger partial charge in [0.05, 0.1) is 0 Å². The lowest BCUT2D eigenvalue weighted by molar-refractivity contribution is 0.280. The lowest BCUT2D eigenvalue weighted by Crippen LogP contribution is -2.41. The first-order chi connectivity index (χ1) is 7.48. The Morgan fingerprint density at radius 3 is 2.56 bits per heavy atom. The highest BCUT2D eigenvalue weighted by molar-refractivity contribution is 4.92. The Morgan fingerprint density at radius 2 is 2.06 bits per heavy atom. The van der Waals surface area contributed by atoms with Crippen molar-refractivity contribution in [2.45, 2.75) is 58.5 Å². The van der Waals surface area contributed by atoms with Gasteiger partial charge in [-0.1, -0.05) is 20.8 Å². The fraction of sp³-hybridized carbons (Fsp3) is 1.00. The summed E-state index contributed by atoms with van der Waals surface area (Å²) in [4.78, 5) is 2.51. The molecule has 0 spiro atoms. The Labute approximate surface area is 101 Å². The molecule has 0 aromatic rings. The lowest BCUT2D eigenvalue weighted by Gasteiger charge is -2.24. The first-order valence-corrected chi connectivity index (χ1v) is 6.91. The Bertz CT molecular complexity index is 237. The Kier molecular flexibility index (Phi) is 3.60. The summed E-state index contributed by atoms with van der Waals surface area (Å²) in [7, 11) is 2.27. The van der Waals surface area contributed by atoms with Crippen molar-refractivity contribution in [1.29, 1.82) is 0 Å². The molecule has 0 radical (unpaired) electrons. The van der Waals surface area contributed by atoms with E-state index in [0.717, 1.165) is 18.0 Å². The minimum absolute atomic E-state index is 0.554. The van der Waals surface area contributed by atoms with E-state index in [1.807, 2.05) is 0 Å². The minimum Gasteiger partial charge on any atom is -0.312 e. The number of hydrogen-bond acceptors (Lipinski definition) is 2. The third kappa shape index (κ3) is 2.78. The molecular weight excluding hydrogens is 196 g/mol. The third-order valence-corrected chi connectivity index (χ3v) is 4.62. The molecule has 0 aromatic heterocycles. The highest BCUT2D eigenvalue weighted by atomic mass is 15.2. The topological polar surface area (TPSA) is 15.3 Å². The van der Waals surface area contributed by atoms with Crippen LogP contribution in [0.25, 0.3) is 0 Å². The number of likely N-dealkylation sites (N-methyl/N-ethyl adjacent to an activating group) is 1. The Morgan fingerprint density at radius 1 is 1.31 bits per heavy atom. The van der Waals surface area contributed by atoms with Gasteiger partial charge < -0.3 is 10.2 Å². The average molecular weight is 224 g/mol. The number of hydrogen-bond donors (Lipinski definition) is 1. The molecule has 3 unspecified atom stereocenters. The van der Waals surface area contributed by atoms with Crippen molar-refractivity contribution >= 4 is 0 Å². The summed E-state index contributed by atoms with van der Waals surface area (Å²) < 4.78 is 0. The van der Waals surface area contributed by atoms with E-state index in [9.17, 15) is 0 Å². The van der Waals surface area contributed by atoms with Crippen LogP contribution < -0.4 is 5.32 Å². The molecule has 1 aliphatic heterocycles. The maximum Gasteiger partial charge on any atom is 0.0218 e. The standard InChI is InChI=1S/C14H28N2/c1-11-8-14(2,3)9-13(11)15-10-12-6-5-7-16(12)4/h11-13,15H,5-10H2,1-4H3. The van der Waals surface area contributed by atoms with Gasteiger partial charge in [-0.25, -0.2) is 0 Å². The van der Waals surface area contributed by atoms with Gasteiger partial charge in [0.25, 0.3) is 0 Å². The van der Waals surface area contributed by atoms with Crippen LogP contribution in [0.2, 0.25) is 0 Å². The zero-order chi connectivity index (χ0) is 11.8. The number of nitrogens with one attached hydrogen (secondary N) is 1. The van der Waals surface area contributed by atoms with Crippen molar-refractivity contribution in [2.75, 3.05) is 20.1 Å². The maximum atomic E-state index is 3.82. The molecule has 2 nitrogen and oxygen atoms in total. The number of rotatable bonds is 3. The monoisotopic (exact) mass is 224 g/mol. The zero-order valence-electron chi connectivity index (χ0n) is 11.4.